The maximum atomic E-state index is 14.3. The summed E-state index contributed by atoms with van der Waals surface area (Å²) in [6.07, 6.45) is 1.11. The second-order valence-corrected chi connectivity index (χ2v) is 8.61. The second kappa shape index (κ2) is 10.9. The van der Waals surface area contributed by atoms with Crippen molar-refractivity contribution in [1.82, 2.24) is 0 Å². The Balaban J connectivity index is 3.00. The van der Waals surface area contributed by atoms with Crippen LogP contribution in [0.25, 0.3) is 0 Å². The van der Waals surface area contributed by atoms with Gasteiger partial charge in [0.2, 0.25) is 5.91 Å². The van der Waals surface area contributed by atoms with Gasteiger partial charge < -0.3 is 10.1 Å². The van der Waals surface area contributed by atoms with Gasteiger partial charge in [-0.25, -0.2) is 4.39 Å². The minimum Gasteiger partial charge on any atom is -0.462 e. The molecule has 0 bridgehead atoms. The predicted molar refractivity (Wildman–Crippen MR) is 110 cm³/mol. The number of ether oxygens (including phenoxy) is 1. The van der Waals surface area contributed by atoms with E-state index in [4.69, 9.17) is 16.3 Å². The van der Waals surface area contributed by atoms with Crippen molar-refractivity contribution >= 4 is 40.9 Å². The fourth-order valence-electron chi connectivity index (χ4n) is 2.07. The standard InChI is InChI=1S/C20H29ClFNO3S/c1-7-12(5)26-20(25)17(8-2)27-18-10-16(15(22)9-14(18)21)23-19(24)13(6)11(3)4/h9-13,17H,7-8H2,1-6H3,(H,23,24). The van der Waals surface area contributed by atoms with Crippen LogP contribution in [0.15, 0.2) is 17.0 Å². The van der Waals surface area contributed by atoms with Gasteiger partial charge in [-0.05, 0) is 37.8 Å². The molecule has 0 spiro atoms. The summed E-state index contributed by atoms with van der Waals surface area (Å²) in [4.78, 5) is 25.1. The molecule has 1 rings (SSSR count). The number of benzene rings is 1. The van der Waals surface area contributed by atoms with Gasteiger partial charge in [0.25, 0.3) is 0 Å². The topological polar surface area (TPSA) is 55.4 Å². The van der Waals surface area contributed by atoms with Gasteiger partial charge in [-0.2, -0.15) is 0 Å². The molecular weight excluding hydrogens is 389 g/mol. The summed E-state index contributed by atoms with van der Waals surface area (Å²) >= 11 is 7.38. The van der Waals surface area contributed by atoms with E-state index in [9.17, 15) is 14.0 Å². The molecule has 152 valence electrons. The highest BCUT2D eigenvalue weighted by atomic mass is 35.5. The Morgan fingerprint density at radius 3 is 2.33 bits per heavy atom. The minimum atomic E-state index is -0.608. The molecule has 3 atom stereocenters. The number of esters is 1. The van der Waals surface area contributed by atoms with Crippen LogP contribution >= 0.6 is 23.4 Å². The van der Waals surface area contributed by atoms with Crippen molar-refractivity contribution in [2.75, 3.05) is 5.32 Å². The smallest absolute Gasteiger partial charge is 0.319 e. The number of hydrogen-bond acceptors (Lipinski definition) is 4. The van der Waals surface area contributed by atoms with Crippen LogP contribution in [0.3, 0.4) is 0 Å². The summed E-state index contributed by atoms with van der Waals surface area (Å²) in [7, 11) is 0. The number of carbonyl (C=O) groups excluding carboxylic acids is 2. The molecule has 0 aliphatic carbocycles. The lowest BCUT2D eigenvalue weighted by atomic mass is 9.97. The molecule has 7 heteroatoms. The molecule has 1 amide bonds. The third-order valence-electron chi connectivity index (χ3n) is 4.49. The minimum absolute atomic E-state index is 0.0598. The first-order valence-electron chi connectivity index (χ1n) is 9.27. The summed E-state index contributed by atoms with van der Waals surface area (Å²) < 4.78 is 19.6. The fourth-order valence-corrected chi connectivity index (χ4v) is 3.34. The van der Waals surface area contributed by atoms with Crippen molar-refractivity contribution in [3.8, 4) is 0 Å². The zero-order chi connectivity index (χ0) is 20.7. The molecule has 1 aromatic carbocycles. The Morgan fingerprint density at radius 2 is 1.81 bits per heavy atom. The largest absolute Gasteiger partial charge is 0.462 e. The average Bonchev–Trinajstić information content (AvgIpc) is 2.61. The van der Waals surface area contributed by atoms with Crippen LogP contribution in [0.1, 0.15) is 54.4 Å². The monoisotopic (exact) mass is 417 g/mol. The van der Waals surface area contributed by atoms with Gasteiger partial charge in [-0.3, -0.25) is 9.59 Å². The highest BCUT2D eigenvalue weighted by molar-refractivity contribution is 8.00. The molecule has 0 radical (unpaired) electrons. The van der Waals surface area contributed by atoms with Crippen LogP contribution < -0.4 is 5.32 Å². The van der Waals surface area contributed by atoms with Crippen molar-refractivity contribution in [1.29, 1.82) is 0 Å². The number of rotatable bonds is 9. The highest BCUT2D eigenvalue weighted by Gasteiger charge is 2.24. The van der Waals surface area contributed by atoms with Gasteiger partial charge >= 0.3 is 5.97 Å². The zero-order valence-corrected chi connectivity index (χ0v) is 18.3. The summed E-state index contributed by atoms with van der Waals surface area (Å²) in [5, 5.41) is 2.36. The van der Waals surface area contributed by atoms with Gasteiger partial charge in [0.1, 0.15) is 11.1 Å². The van der Waals surface area contributed by atoms with E-state index >= 15 is 0 Å². The summed E-state index contributed by atoms with van der Waals surface area (Å²) in [5.41, 5.74) is 0.0598. The van der Waals surface area contributed by atoms with Crippen LogP contribution in [0, 0.1) is 17.7 Å². The van der Waals surface area contributed by atoms with Crippen molar-refractivity contribution in [2.45, 2.75) is 70.6 Å². The molecular formula is C20H29ClFNO3S. The van der Waals surface area contributed by atoms with Gasteiger partial charge in [-0.1, -0.05) is 46.2 Å². The number of hydrogen-bond donors (Lipinski definition) is 1. The molecule has 0 aliphatic rings. The van der Waals surface area contributed by atoms with E-state index in [1.807, 2.05) is 34.6 Å². The Hall–Kier alpha value is -1.27. The van der Waals surface area contributed by atoms with Crippen LogP contribution in [0.5, 0.6) is 0 Å². The number of thioether (sulfide) groups is 1. The van der Waals surface area contributed by atoms with Crippen LogP contribution in [-0.4, -0.2) is 23.2 Å². The lowest BCUT2D eigenvalue weighted by Gasteiger charge is -2.19. The number of nitrogens with one attached hydrogen (secondary N) is 1. The number of anilines is 1. The van der Waals surface area contributed by atoms with Crippen LogP contribution in [0.4, 0.5) is 10.1 Å². The first-order chi connectivity index (χ1) is 12.6. The summed E-state index contributed by atoms with van der Waals surface area (Å²) in [6, 6.07) is 2.64. The molecule has 27 heavy (non-hydrogen) atoms. The molecule has 0 fully saturated rings. The lowest BCUT2D eigenvalue weighted by molar-refractivity contribution is -0.147. The van der Waals surface area contributed by atoms with Crippen LogP contribution in [-0.2, 0) is 14.3 Å². The van der Waals surface area contributed by atoms with E-state index in [0.717, 1.165) is 12.5 Å². The Bertz CT molecular complexity index is 669. The van der Waals surface area contributed by atoms with Crippen molar-refractivity contribution in [3.63, 3.8) is 0 Å². The van der Waals surface area contributed by atoms with Gasteiger partial charge in [0, 0.05) is 10.8 Å². The predicted octanol–water partition coefficient (Wildman–Crippen LogP) is 5.92. The van der Waals surface area contributed by atoms with E-state index in [2.05, 4.69) is 5.32 Å². The van der Waals surface area contributed by atoms with Gasteiger partial charge in [0.05, 0.1) is 16.8 Å². The molecule has 1 aromatic rings. The maximum absolute atomic E-state index is 14.3. The van der Waals surface area contributed by atoms with Crippen molar-refractivity contribution < 1.29 is 18.7 Å². The summed E-state index contributed by atoms with van der Waals surface area (Å²) in [5.74, 6) is -1.32. The molecule has 0 heterocycles. The SMILES string of the molecule is CCC(C)OC(=O)C(CC)Sc1cc(NC(=O)C(C)C(C)C)c(F)cc1Cl. The van der Waals surface area contributed by atoms with Gasteiger partial charge in [-0.15, -0.1) is 11.8 Å². The first-order valence-corrected chi connectivity index (χ1v) is 10.5. The van der Waals surface area contributed by atoms with E-state index in [0.29, 0.717) is 11.3 Å². The number of amides is 1. The second-order valence-electron chi connectivity index (χ2n) is 6.95. The van der Waals surface area contributed by atoms with E-state index in [1.54, 1.807) is 6.92 Å². The number of halogens is 2. The van der Waals surface area contributed by atoms with Gasteiger partial charge in [0.15, 0.2) is 0 Å². The van der Waals surface area contributed by atoms with E-state index in [-0.39, 0.29) is 40.5 Å². The van der Waals surface area contributed by atoms with E-state index < -0.39 is 11.1 Å². The Kier molecular flexibility index (Phi) is 9.60. The summed E-state index contributed by atoms with van der Waals surface area (Å²) in [6.45, 7) is 11.3. The average molecular weight is 418 g/mol. The lowest BCUT2D eigenvalue weighted by Crippen LogP contribution is -2.25. The molecule has 0 saturated heterocycles. The third-order valence-corrected chi connectivity index (χ3v) is 6.31. The first kappa shape index (κ1) is 23.8. The molecule has 4 nitrogen and oxygen atoms in total. The molecule has 3 unspecified atom stereocenters. The maximum Gasteiger partial charge on any atom is 0.319 e. The number of carbonyl (C=O) groups is 2. The van der Waals surface area contributed by atoms with Crippen molar-refractivity contribution in [2.24, 2.45) is 11.8 Å². The quantitative estimate of drug-likeness (QED) is 0.400. The van der Waals surface area contributed by atoms with Crippen molar-refractivity contribution in [3.05, 3.63) is 23.0 Å². The molecule has 0 aromatic heterocycles. The van der Waals surface area contributed by atoms with E-state index in [1.165, 1.54) is 17.8 Å². The molecule has 1 N–H and O–H groups in total. The highest BCUT2D eigenvalue weighted by Crippen LogP contribution is 2.36. The zero-order valence-electron chi connectivity index (χ0n) is 16.8. The fraction of sp³-hybridized carbons (Fsp3) is 0.600. The van der Waals surface area contributed by atoms with Crippen LogP contribution in [0.2, 0.25) is 5.02 Å². The molecule has 0 saturated carbocycles. The molecule has 0 aliphatic heterocycles. The normalized spacial score (nSPS) is 14.6. The Morgan fingerprint density at radius 1 is 1.19 bits per heavy atom. The third kappa shape index (κ3) is 7.00. The Labute approximate surface area is 170 Å².